The van der Waals surface area contributed by atoms with Crippen molar-refractivity contribution in [1.82, 2.24) is 25.2 Å². The van der Waals surface area contributed by atoms with Crippen LogP contribution in [0.3, 0.4) is 0 Å². The van der Waals surface area contributed by atoms with Gasteiger partial charge in [0, 0.05) is 78.7 Å². The number of H-pyrrole nitrogens is 1. The number of carbonyl (C=O) groups excluding carboxylic acids is 1. The number of carbonyl (C=O) groups is 1. The fraction of sp³-hybridized carbons (Fsp3) is 0.367. The summed E-state index contributed by atoms with van der Waals surface area (Å²) in [7, 11) is 2.17. The summed E-state index contributed by atoms with van der Waals surface area (Å²) in [5.41, 5.74) is 7.49. The van der Waals surface area contributed by atoms with Crippen molar-refractivity contribution >= 4 is 22.6 Å². The highest BCUT2D eigenvalue weighted by Gasteiger charge is 2.43. The quantitative estimate of drug-likeness (QED) is 0.445. The van der Waals surface area contributed by atoms with Crippen LogP contribution in [0, 0.1) is 0 Å². The molecule has 1 aliphatic carbocycles. The molecule has 7 heteroatoms. The number of benzene rings is 1. The molecule has 0 bridgehead atoms. The van der Waals surface area contributed by atoms with E-state index in [1.165, 1.54) is 5.56 Å². The lowest BCUT2D eigenvalue weighted by Crippen LogP contribution is -2.44. The zero-order valence-electron chi connectivity index (χ0n) is 21.3. The van der Waals surface area contributed by atoms with Crippen molar-refractivity contribution in [1.29, 1.82) is 0 Å². The number of anilines is 1. The second-order valence-corrected chi connectivity index (χ2v) is 10.9. The van der Waals surface area contributed by atoms with E-state index >= 15 is 0 Å². The van der Waals surface area contributed by atoms with Gasteiger partial charge in [-0.25, -0.2) is 9.97 Å². The predicted octanol–water partition coefficient (Wildman–Crippen LogP) is 4.25. The summed E-state index contributed by atoms with van der Waals surface area (Å²) < 4.78 is 0. The van der Waals surface area contributed by atoms with Crippen LogP contribution >= 0.6 is 0 Å². The Bertz CT molecular complexity index is 1490. The molecule has 0 amide bonds. The molecule has 3 aliphatic rings. The van der Waals surface area contributed by atoms with Crippen LogP contribution < -0.4 is 10.2 Å². The van der Waals surface area contributed by atoms with E-state index in [1.54, 1.807) is 0 Å². The maximum atomic E-state index is 12.9. The number of likely N-dealkylation sites (N-methyl/N-ethyl adjacent to an activating group) is 1. The predicted molar refractivity (Wildman–Crippen MR) is 147 cm³/mol. The minimum Gasteiger partial charge on any atom is -0.354 e. The third-order valence-corrected chi connectivity index (χ3v) is 8.70. The topological polar surface area (TPSA) is 77.1 Å². The number of piperidine rings is 1. The zero-order valence-corrected chi connectivity index (χ0v) is 21.3. The molecular formula is C30H32N6O. The number of hydrogen-bond acceptors (Lipinski definition) is 6. The van der Waals surface area contributed by atoms with Crippen LogP contribution in [0.15, 0.2) is 55.0 Å². The molecule has 2 aliphatic heterocycles. The lowest BCUT2D eigenvalue weighted by molar-refractivity contribution is 0.0964. The molecule has 188 valence electrons. The third-order valence-electron chi connectivity index (χ3n) is 8.70. The van der Waals surface area contributed by atoms with Gasteiger partial charge in [-0.1, -0.05) is 12.1 Å². The normalized spacial score (nSPS) is 19.6. The highest BCUT2D eigenvalue weighted by atomic mass is 16.1. The zero-order chi connectivity index (χ0) is 25.0. The largest absolute Gasteiger partial charge is 0.354 e. The van der Waals surface area contributed by atoms with E-state index in [0.717, 1.165) is 96.8 Å². The average molecular weight is 493 g/mol. The van der Waals surface area contributed by atoms with E-state index in [9.17, 15) is 4.79 Å². The molecule has 1 spiro atoms. The van der Waals surface area contributed by atoms with Crippen molar-refractivity contribution < 1.29 is 4.79 Å². The summed E-state index contributed by atoms with van der Waals surface area (Å²) in [5, 5.41) is 4.56. The molecule has 37 heavy (non-hydrogen) atoms. The summed E-state index contributed by atoms with van der Waals surface area (Å²) in [6.07, 6.45) is 8.58. The van der Waals surface area contributed by atoms with Gasteiger partial charge in [0.15, 0.2) is 5.78 Å². The lowest BCUT2D eigenvalue weighted by atomic mass is 9.74. The Balaban J connectivity index is 1.26. The molecule has 7 rings (SSSR count). The van der Waals surface area contributed by atoms with Gasteiger partial charge in [-0.15, -0.1) is 0 Å². The van der Waals surface area contributed by atoms with Gasteiger partial charge in [0.2, 0.25) is 0 Å². The second kappa shape index (κ2) is 8.78. The molecule has 3 aromatic heterocycles. The number of pyridine rings is 2. The summed E-state index contributed by atoms with van der Waals surface area (Å²) >= 11 is 0. The smallest absolute Gasteiger partial charge is 0.164 e. The number of hydrogen-bond donors (Lipinski definition) is 2. The molecule has 4 aromatic rings. The summed E-state index contributed by atoms with van der Waals surface area (Å²) in [6.45, 7) is 6.03. The molecule has 0 unspecified atom stereocenters. The van der Waals surface area contributed by atoms with E-state index in [4.69, 9.17) is 4.98 Å². The van der Waals surface area contributed by atoms with Crippen LogP contribution in [0.2, 0.25) is 0 Å². The van der Waals surface area contributed by atoms with Crippen molar-refractivity contribution in [3.8, 4) is 22.3 Å². The highest BCUT2D eigenvalue weighted by molar-refractivity contribution is 6.04. The molecule has 0 radical (unpaired) electrons. The van der Waals surface area contributed by atoms with Crippen molar-refractivity contribution in [2.45, 2.75) is 24.7 Å². The van der Waals surface area contributed by atoms with Crippen molar-refractivity contribution in [2.24, 2.45) is 0 Å². The minimum absolute atomic E-state index is 0.0140. The monoisotopic (exact) mass is 492 g/mol. The number of Topliss-reactive ketones (excluding diaryl/α,β-unsaturated/α-hetero) is 1. The Morgan fingerprint density at radius 2 is 1.73 bits per heavy atom. The number of rotatable bonds is 3. The highest BCUT2D eigenvalue weighted by Crippen LogP contribution is 2.46. The Morgan fingerprint density at radius 1 is 0.892 bits per heavy atom. The van der Waals surface area contributed by atoms with Gasteiger partial charge < -0.3 is 20.1 Å². The first kappa shape index (κ1) is 22.6. The first-order valence-electron chi connectivity index (χ1n) is 13.4. The maximum absolute atomic E-state index is 12.9. The van der Waals surface area contributed by atoms with E-state index in [1.807, 2.05) is 18.5 Å². The molecule has 1 aromatic carbocycles. The summed E-state index contributed by atoms with van der Waals surface area (Å²) in [4.78, 5) is 30.4. The average Bonchev–Trinajstić information content (AvgIpc) is 3.47. The first-order valence-corrected chi connectivity index (χ1v) is 13.4. The Kier molecular flexibility index (Phi) is 5.37. The van der Waals surface area contributed by atoms with Crippen LogP contribution in [0.4, 0.5) is 5.82 Å². The van der Waals surface area contributed by atoms with Crippen LogP contribution in [-0.4, -0.2) is 72.0 Å². The Hall–Kier alpha value is -3.55. The van der Waals surface area contributed by atoms with E-state index in [-0.39, 0.29) is 5.41 Å². The standard InChI is InChI=1S/C30H32N6O/c1-35-10-12-36(13-11-35)28-16-20(4-7-32-28)22-14-24-25(19-34-29(24)33-18-22)21-2-3-23-26(15-21)30(17-27(23)37)5-8-31-9-6-30/h2-4,7,14-16,18-19,31H,5-6,8-13,17H2,1H3,(H,33,34). The van der Waals surface area contributed by atoms with Crippen LogP contribution in [0.1, 0.15) is 35.2 Å². The van der Waals surface area contributed by atoms with E-state index in [0.29, 0.717) is 12.2 Å². The number of aromatic amines is 1. The van der Waals surface area contributed by atoms with Gasteiger partial charge >= 0.3 is 0 Å². The van der Waals surface area contributed by atoms with Crippen molar-refractivity contribution in [2.75, 3.05) is 51.2 Å². The molecule has 0 atom stereocenters. The molecule has 2 fully saturated rings. The number of fused-ring (bicyclic) bond motifs is 3. The van der Waals surface area contributed by atoms with Crippen molar-refractivity contribution in [3.05, 3.63) is 66.1 Å². The van der Waals surface area contributed by atoms with Gasteiger partial charge in [0.25, 0.3) is 0 Å². The van der Waals surface area contributed by atoms with Gasteiger partial charge in [-0.05, 0) is 73.9 Å². The van der Waals surface area contributed by atoms with Crippen LogP contribution in [0.25, 0.3) is 33.3 Å². The van der Waals surface area contributed by atoms with Gasteiger partial charge in [0.05, 0.1) is 0 Å². The number of piperazine rings is 1. The number of aromatic nitrogens is 3. The van der Waals surface area contributed by atoms with Gasteiger partial charge in [0.1, 0.15) is 11.5 Å². The fourth-order valence-electron chi connectivity index (χ4n) is 6.45. The molecule has 2 saturated heterocycles. The van der Waals surface area contributed by atoms with E-state index in [2.05, 4.69) is 68.7 Å². The Labute approximate surface area is 216 Å². The molecule has 2 N–H and O–H groups in total. The minimum atomic E-state index is -0.0140. The first-order chi connectivity index (χ1) is 18.1. The fourth-order valence-corrected chi connectivity index (χ4v) is 6.45. The number of ketones is 1. The maximum Gasteiger partial charge on any atom is 0.164 e. The van der Waals surface area contributed by atoms with Gasteiger partial charge in [-0.3, -0.25) is 4.79 Å². The molecular weight excluding hydrogens is 460 g/mol. The lowest BCUT2D eigenvalue weighted by Gasteiger charge is -2.34. The third kappa shape index (κ3) is 3.85. The van der Waals surface area contributed by atoms with Crippen LogP contribution in [0.5, 0.6) is 0 Å². The van der Waals surface area contributed by atoms with E-state index < -0.39 is 0 Å². The molecule has 0 saturated carbocycles. The molecule has 7 nitrogen and oxygen atoms in total. The van der Waals surface area contributed by atoms with Crippen LogP contribution in [-0.2, 0) is 5.41 Å². The number of nitrogens with zero attached hydrogens (tertiary/aromatic N) is 4. The second-order valence-electron chi connectivity index (χ2n) is 10.9. The Morgan fingerprint density at radius 3 is 2.57 bits per heavy atom. The van der Waals surface area contributed by atoms with Gasteiger partial charge in [-0.2, -0.15) is 0 Å². The molecule has 5 heterocycles. The SMILES string of the molecule is CN1CCN(c2cc(-c3cnc4[nH]cc(-c5ccc6c(c5)C5(CCNCC5)CC6=O)c4c3)ccn2)CC1. The number of nitrogens with one attached hydrogen (secondary N) is 2. The summed E-state index contributed by atoms with van der Waals surface area (Å²) in [5.74, 6) is 1.32. The van der Waals surface area contributed by atoms with Crippen molar-refractivity contribution in [3.63, 3.8) is 0 Å². The summed E-state index contributed by atoms with van der Waals surface area (Å²) in [6, 6.07) is 12.9.